The number of aliphatic carboxylic acids is 1. The summed E-state index contributed by atoms with van der Waals surface area (Å²) in [6.07, 6.45) is -10.1. The second-order valence-electron chi connectivity index (χ2n) is 11.1. The summed E-state index contributed by atoms with van der Waals surface area (Å²) in [6.45, 7) is -0.975. The number of morpholine rings is 1. The number of nitrogens with zero attached hydrogens (tertiary/aromatic N) is 2. The van der Waals surface area contributed by atoms with E-state index in [-0.39, 0.29) is 28.5 Å². The normalized spacial score (nSPS) is 21.2. The fourth-order valence-electron chi connectivity index (χ4n) is 5.65. The number of hydrogen-bond donors (Lipinski definition) is 1. The minimum absolute atomic E-state index is 0.235. The van der Waals surface area contributed by atoms with E-state index in [1.54, 1.807) is 18.2 Å². The maximum absolute atomic E-state index is 15.1. The van der Waals surface area contributed by atoms with Crippen LogP contribution in [0.2, 0.25) is 10.0 Å². The van der Waals surface area contributed by atoms with Gasteiger partial charge in [0.1, 0.15) is 18.0 Å². The van der Waals surface area contributed by atoms with Gasteiger partial charge in [-0.1, -0.05) is 59.6 Å². The van der Waals surface area contributed by atoms with E-state index in [1.165, 1.54) is 42.5 Å². The molecule has 46 heavy (non-hydrogen) atoms. The van der Waals surface area contributed by atoms with Gasteiger partial charge in [0.2, 0.25) is 10.0 Å². The van der Waals surface area contributed by atoms with Crippen molar-refractivity contribution >= 4 is 50.8 Å². The number of sulfonamides is 1. The SMILES string of the molecule is O=C(O)C[C@@H]1O[C@H](c2cccc(Cl)c2)[C@@H](c2ccc(Cl)cc2)N([C@H](CN(c2ccccc2F)S(=O)(=O)C2CC2)CC(F)(F)F)C1=O. The van der Waals surface area contributed by atoms with Crippen molar-refractivity contribution in [2.24, 2.45) is 0 Å². The third-order valence-electron chi connectivity index (χ3n) is 7.79. The Kier molecular flexibility index (Phi) is 9.88. The van der Waals surface area contributed by atoms with Crippen LogP contribution in [-0.2, 0) is 24.3 Å². The fourth-order valence-corrected chi connectivity index (χ4v) is 7.87. The third kappa shape index (κ3) is 7.59. The topological polar surface area (TPSA) is 104 Å². The predicted molar refractivity (Wildman–Crippen MR) is 163 cm³/mol. The minimum Gasteiger partial charge on any atom is -0.481 e. The number of para-hydroxylation sites is 1. The van der Waals surface area contributed by atoms with Crippen LogP contribution in [0, 0.1) is 5.82 Å². The zero-order chi connectivity index (χ0) is 33.4. The first-order chi connectivity index (χ1) is 21.7. The molecule has 8 nitrogen and oxygen atoms in total. The number of halogens is 6. The van der Waals surface area contributed by atoms with Gasteiger partial charge in [-0.05, 0) is 60.4 Å². The molecule has 246 valence electrons. The number of carboxylic acid groups (broad SMARTS) is 1. The van der Waals surface area contributed by atoms with Crippen LogP contribution in [0.1, 0.15) is 49.0 Å². The summed E-state index contributed by atoms with van der Waals surface area (Å²) in [5, 5.41) is 9.20. The lowest BCUT2D eigenvalue weighted by Gasteiger charge is -2.49. The molecule has 0 aromatic heterocycles. The van der Waals surface area contributed by atoms with Crippen LogP contribution in [0.25, 0.3) is 0 Å². The standard InChI is InChI=1S/C31H28Cl2F4N2O6S/c32-20-10-8-18(9-11-20)28-29(19-4-3-5-21(33)14-19)45-26(15-27(40)41)30(42)39(28)22(16-31(35,36)37)17-38(46(43,44)23-12-13-23)25-7-2-1-6-24(25)34/h1-11,14,22-23,26,28-29H,12-13,15-17H2,(H,40,41)/t22-,26-,28+,29+/m0/s1. The molecule has 4 atom stereocenters. The Balaban J connectivity index is 1.72. The molecule has 15 heteroatoms. The van der Waals surface area contributed by atoms with E-state index in [0.717, 1.165) is 17.0 Å². The Morgan fingerprint density at radius 3 is 2.26 bits per heavy atom. The highest BCUT2D eigenvalue weighted by molar-refractivity contribution is 7.93. The van der Waals surface area contributed by atoms with Crippen LogP contribution in [0.5, 0.6) is 0 Å². The van der Waals surface area contributed by atoms with Crippen molar-refractivity contribution in [3.05, 3.63) is 99.8 Å². The van der Waals surface area contributed by atoms with E-state index in [4.69, 9.17) is 27.9 Å². The number of hydrogen-bond acceptors (Lipinski definition) is 5. The van der Waals surface area contributed by atoms with Gasteiger partial charge in [0.25, 0.3) is 5.91 Å². The first kappa shape index (κ1) is 34.0. The average molecular weight is 704 g/mol. The number of amides is 1. The van der Waals surface area contributed by atoms with Gasteiger partial charge in [0.05, 0.1) is 42.4 Å². The van der Waals surface area contributed by atoms with Gasteiger partial charge in [0, 0.05) is 10.0 Å². The van der Waals surface area contributed by atoms with Crippen LogP contribution in [0.4, 0.5) is 23.2 Å². The largest absolute Gasteiger partial charge is 0.481 e. The third-order valence-corrected chi connectivity index (χ3v) is 10.5. The molecule has 3 aromatic carbocycles. The summed E-state index contributed by atoms with van der Waals surface area (Å²) in [4.78, 5) is 26.8. The zero-order valence-corrected chi connectivity index (χ0v) is 26.2. The molecular formula is C31H28Cl2F4N2O6S. The molecule has 0 bridgehead atoms. The maximum Gasteiger partial charge on any atom is 0.391 e. The van der Waals surface area contributed by atoms with Crippen LogP contribution in [0.15, 0.2) is 72.8 Å². The molecule has 0 unspecified atom stereocenters. The quantitative estimate of drug-likeness (QED) is 0.217. The summed E-state index contributed by atoms with van der Waals surface area (Å²) < 4.78 is 92.4. The fraction of sp³-hybridized carbons (Fsp3) is 0.355. The Morgan fingerprint density at radius 2 is 1.67 bits per heavy atom. The van der Waals surface area contributed by atoms with Crippen molar-refractivity contribution < 1.29 is 45.4 Å². The highest BCUT2D eigenvalue weighted by atomic mass is 35.5. The highest BCUT2D eigenvalue weighted by Crippen LogP contribution is 2.46. The number of rotatable bonds is 11. The molecule has 1 aliphatic heterocycles. The Morgan fingerprint density at radius 1 is 1.00 bits per heavy atom. The molecular weight excluding hydrogens is 675 g/mol. The molecule has 1 heterocycles. The van der Waals surface area contributed by atoms with E-state index < -0.39 is 88.5 Å². The van der Waals surface area contributed by atoms with E-state index in [2.05, 4.69) is 0 Å². The summed E-state index contributed by atoms with van der Waals surface area (Å²) in [6, 6.07) is 13.5. The van der Waals surface area contributed by atoms with Gasteiger partial charge in [-0.25, -0.2) is 12.8 Å². The van der Waals surface area contributed by atoms with Gasteiger partial charge in [-0.2, -0.15) is 13.2 Å². The summed E-state index contributed by atoms with van der Waals surface area (Å²) in [5.41, 5.74) is 0.118. The lowest BCUT2D eigenvalue weighted by molar-refractivity contribution is -0.192. The van der Waals surface area contributed by atoms with Crippen LogP contribution >= 0.6 is 23.2 Å². The van der Waals surface area contributed by atoms with Gasteiger partial charge in [-0.15, -0.1) is 0 Å². The monoisotopic (exact) mass is 702 g/mol. The number of anilines is 1. The zero-order valence-electron chi connectivity index (χ0n) is 23.9. The van der Waals surface area contributed by atoms with E-state index >= 15 is 4.39 Å². The van der Waals surface area contributed by atoms with Gasteiger partial charge in [-0.3, -0.25) is 13.9 Å². The van der Waals surface area contributed by atoms with E-state index in [1.807, 2.05) is 0 Å². The number of ether oxygens (including phenoxy) is 1. The number of benzene rings is 3. The Labute approximate surface area is 272 Å². The Hall–Kier alpha value is -3.39. The summed E-state index contributed by atoms with van der Waals surface area (Å²) >= 11 is 12.4. The predicted octanol–water partition coefficient (Wildman–Crippen LogP) is 6.94. The molecule has 1 aliphatic carbocycles. The van der Waals surface area contributed by atoms with Gasteiger partial charge in [0.15, 0.2) is 0 Å². The first-order valence-corrected chi connectivity index (χ1v) is 16.4. The molecule has 2 fully saturated rings. The first-order valence-electron chi connectivity index (χ1n) is 14.2. The summed E-state index contributed by atoms with van der Waals surface area (Å²) in [7, 11) is -4.37. The molecule has 5 rings (SSSR count). The number of carboxylic acids is 1. The lowest BCUT2D eigenvalue weighted by Crippen LogP contribution is -2.59. The molecule has 1 N–H and O–H groups in total. The van der Waals surface area contributed by atoms with Crippen molar-refractivity contribution in [2.45, 2.75) is 61.4 Å². The van der Waals surface area contributed by atoms with Crippen LogP contribution < -0.4 is 4.31 Å². The maximum atomic E-state index is 15.1. The average Bonchev–Trinajstić information content (AvgIpc) is 3.83. The van der Waals surface area contributed by atoms with Crippen molar-refractivity contribution in [3.63, 3.8) is 0 Å². The molecule has 1 saturated heterocycles. The smallest absolute Gasteiger partial charge is 0.391 e. The Bertz CT molecular complexity index is 1710. The second kappa shape index (κ2) is 13.4. The van der Waals surface area contributed by atoms with E-state index in [9.17, 15) is 36.3 Å². The number of carbonyl (C=O) groups excluding carboxylic acids is 1. The van der Waals surface area contributed by atoms with Crippen molar-refractivity contribution in [3.8, 4) is 0 Å². The molecule has 2 aliphatic rings. The van der Waals surface area contributed by atoms with E-state index in [0.29, 0.717) is 9.87 Å². The van der Waals surface area contributed by atoms with Crippen molar-refractivity contribution in [1.29, 1.82) is 0 Å². The number of carbonyl (C=O) groups is 2. The van der Waals surface area contributed by atoms with Crippen molar-refractivity contribution in [1.82, 2.24) is 4.90 Å². The van der Waals surface area contributed by atoms with Crippen LogP contribution in [-0.4, -0.2) is 60.4 Å². The molecule has 1 saturated carbocycles. The molecule has 1 amide bonds. The minimum atomic E-state index is -4.94. The van der Waals surface area contributed by atoms with Gasteiger partial charge >= 0.3 is 12.1 Å². The second-order valence-corrected chi connectivity index (χ2v) is 14.2. The summed E-state index contributed by atoms with van der Waals surface area (Å²) in [5.74, 6) is -3.54. The molecule has 0 spiro atoms. The number of alkyl halides is 3. The molecule has 3 aromatic rings. The van der Waals surface area contributed by atoms with Crippen LogP contribution in [0.3, 0.4) is 0 Å². The van der Waals surface area contributed by atoms with Crippen molar-refractivity contribution in [2.75, 3.05) is 10.8 Å². The highest BCUT2D eigenvalue weighted by Gasteiger charge is 2.51. The lowest BCUT2D eigenvalue weighted by atomic mass is 9.89. The van der Waals surface area contributed by atoms with Gasteiger partial charge < -0.3 is 14.7 Å². The molecule has 0 radical (unpaired) electrons.